The van der Waals surface area contributed by atoms with Crippen LogP contribution in [-0.4, -0.2) is 181 Å². The number of ether oxygens (including phenoxy) is 12. The summed E-state index contributed by atoms with van der Waals surface area (Å²) in [5, 5.41) is 8.51. The third kappa shape index (κ3) is 28.1. The van der Waals surface area contributed by atoms with Gasteiger partial charge in [0.25, 0.3) is 0 Å². The number of carboxylic acid groups (broad SMARTS) is 1. The first kappa shape index (κ1) is 54.5. The number of hydrogen-bond donors (Lipinski definition) is 1. The highest BCUT2D eigenvalue weighted by Crippen LogP contribution is 2.26. The maximum Gasteiger partial charge on any atom is 0.305 e. The molecule has 0 aliphatic carbocycles. The van der Waals surface area contributed by atoms with Crippen molar-refractivity contribution in [3.63, 3.8) is 0 Å². The summed E-state index contributed by atoms with van der Waals surface area (Å²) in [7, 11) is 0. The second kappa shape index (κ2) is 38.4. The first-order chi connectivity index (χ1) is 31.5. The van der Waals surface area contributed by atoms with Crippen LogP contribution < -0.4 is 4.90 Å². The summed E-state index contributed by atoms with van der Waals surface area (Å²) in [6.45, 7) is 11.0. The third-order valence-electron chi connectivity index (χ3n) is 9.09. The summed E-state index contributed by atoms with van der Waals surface area (Å²) in [5.74, 6) is 5.49. The van der Waals surface area contributed by atoms with E-state index in [1.165, 1.54) is 0 Å². The zero-order valence-corrected chi connectivity index (χ0v) is 37.4. The van der Waals surface area contributed by atoms with Crippen LogP contribution in [-0.2, 0) is 77.8 Å². The van der Waals surface area contributed by atoms with Gasteiger partial charge in [0.05, 0.1) is 171 Å². The lowest BCUT2D eigenvalue weighted by molar-refractivity contribution is -0.138. The molecule has 2 aromatic carbocycles. The molecule has 0 spiro atoms. The quantitative estimate of drug-likeness (QED) is 0.0749. The van der Waals surface area contributed by atoms with Crippen LogP contribution in [0.2, 0.25) is 0 Å². The van der Waals surface area contributed by atoms with E-state index in [1.54, 1.807) is 4.90 Å². The summed E-state index contributed by atoms with van der Waals surface area (Å²) < 4.78 is 65.4. The van der Waals surface area contributed by atoms with E-state index in [1.807, 2.05) is 48.5 Å². The van der Waals surface area contributed by atoms with Gasteiger partial charge in [-0.3, -0.25) is 14.4 Å². The Kier molecular flexibility index (Phi) is 32.7. The number of hydrogen-bond acceptors (Lipinski definition) is 15. The normalized spacial score (nSPS) is 12.0. The predicted molar refractivity (Wildman–Crippen MR) is 236 cm³/mol. The third-order valence-corrected chi connectivity index (χ3v) is 9.09. The molecule has 17 nitrogen and oxygen atoms in total. The largest absolute Gasteiger partial charge is 0.481 e. The van der Waals surface area contributed by atoms with Crippen molar-refractivity contribution in [2.45, 2.75) is 38.6 Å². The first-order valence-corrected chi connectivity index (χ1v) is 22.2. The molecule has 1 N–H and O–H groups in total. The minimum Gasteiger partial charge on any atom is -0.481 e. The number of para-hydroxylation sites is 1. The summed E-state index contributed by atoms with van der Waals surface area (Å²) >= 11 is 0. The van der Waals surface area contributed by atoms with Crippen LogP contribution in [0.3, 0.4) is 0 Å². The van der Waals surface area contributed by atoms with Crippen LogP contribution >= 0.6 is 0 Å². The standard InChI is InChI=1S/C47H69NO16/c49-44(13-14-46(50)48-40-43-8-2-1-6-41(43)11-12-42-7-3-4-10-45(42)48)9-5-16-53-18-20-55-22-24-57-26-28-59-30-32-61-34-36-63-38-39-64-37-35-62-33-31-60-29-27-58-25-23-56-21-19-54-17-15-47(51)52/h1-4,6-8,10H,5,9,13-40H2,(H,51,52). The number of carbonyl (C=O) groups excluding carboxylic acids is 2. The van der Waals surface area contributed by atoms with Crippen LogP contribution in [0.4, 0.5) is 5.69 Å². The maximum absolute atomic E-state index is 13.3. The molecule has 0 aromatic heterocycles. The zero-order chi connectivity index (χ0) is 45.4. The van der Waals surface area contributed by atoms with Gasteiger partial charge < -0.3 is 66.8 Å². The molecule has 1 heterocycles. The van der Waals surface area contributed by atoms with Crippen LogP contribution in [0.5, 0.6) is 0 Å². The van der Waals surface area contributed by atoms with Gasteiger partial charge in [0.1, 0.15) is 5.78 Å². The maximum atomic E-state index is 13.3. The Labute approximate surface area is 378 Å². The van der Waals surface area contributed by atoms with Crippen molar-refractivity contribution in [2.75, 3.05) is 163 Å². The first-order valence-electron chi connectivity index (χ1n) is 22.2. The Morgan fingerprint density at radius 2 is 0.781 bits per heavy atom. The van der Waals surface area contributed by atoms with Crippen LogP contribution in [0.25, 0.3) is 0 Å². The van der Waals surface area contributed by atoms with E-state index in [2.05, 4.69) is 11.8 Å². The Bertz CT molecular complexity index is 1580. The van der Waals surface area contributed by atoms with Gasteiger partial charge in [0.2, 0.25) is 5.91 Å². The predicted octanol–water partition coefficient (Wildman–Crippen LogP) is 3.74. The molecule has 0 saturated carbocycles. The zero-order valence-electron chi connectivity index (χ0n) is 37.4. The highest BCUT2D eigenvalue weighted by molar-refractivity contribution is 5.97. The number of Topliss-reactive ketones (excluding diaryl/α,β-unsaturated/α-hetero) is 1. The fraction of sp³-hybridized carbons (Fsp3) is 0.638. The highest BCUT2D eigenvalue weighted by Gasteiger charge is 2.21. The number of carboxylic acids is 1. The highest BCUT2D eigenvalue weighted by atomic mass is 16.6. The van der Waals surface area contributed by atoms with Crippen molar-refractivity contribution in [1.82, 2.24) is 0 Å². The van der Waals surface area contributed by atoms with Crippen LogP contribution in [0, 0.1) is 11.8 Å². The van der Waals surface area contributed by atoms with Crippen LogP contribution in [0.15, 0.2) is 48.5 Å². The smallest absolute Gasteiger partial charge is 0.305 e. The molecule has 0 saturated heterocycles. The fourth-order valence-corrected chi connectivity index (χ4v) is 5.77. The van der Waals surface area contributed by atoms with E-state index in [0.717, 1.165) is 22.4 Å². The Morgan fingerprint density at radius 3 is 1.22 bits per heavy atom. The van der Waals surface area contributed by atoms with Gasteiger partial charge in [-0.15, -0.1) is 0 Å². The molecule has 0 radical (unpaired) electrons. The number of nitrogens with zero attached hydrogens (tertiary/aromatic N) is 1. The van der Waals surface area contributed by atoms with E-state index in [9.17, 15) is 14.4 Å². The summed E-state index contributed by atoms with van der Waals surface area (Å²) in [5.41, 5.74) is 3.45. The van der Waals surface area contributed by atoms with Crippen molar-refractivity contribution in [3.8, 4) is 11.8 Å². The minimum atomic E-state index is -0.880. The second-order valence-corrected chi connectivity index (χ2v) is 14.0. The minimum absolute atomic E-state index is 0.0101. The molecule has 64 heavy (non-hydrogen) atoms. The molecule has 1 aliphatic rings. The molecule has 0 bridgehead atoms. The molecule has 17 heteroatoms. The van der Waals surface area contributed by atoms with Crippen LogP contribution in [0.1, 0.15) is 48.8 Å². The van der Waals surface area contributed by atoms with Crippen molar-refractivity contribution in [1.29, 1.82) is 0 Å². The van der Waals surface area contributed by atoms with E-state index in [-0.39, 0.29) is 37.6 Å². The molecule has 1 amide bonds. The molecule has 0 unspecified atom stereocenters. The summed E-state index contributed by atoms with van der Waals surface area (Å²) in [6, 6.07) is 15.5. The Balaban J connectivity index is 0.964. The van der Waals surface area contributed by atoms with Gasteiger partial charge in [0.15, 0.2) is 0 Å². The van der Waals surface area contributed by atoms with Crippen molar-refractivity contribution in [3.05, 3.63) is 65.2 Å². The van der Waals surface area contributed by atoms with E-state index in [0.29, 0.717) is 171 Å². The second-order valence-electron chi connectivity index (χ2n) is 14.0. The van der Waals surface area contributed by atoms with Gasteiger partial charge in [-0.2, -0.15) is 0 Å². The van der Waals surface area contributed by atoms with Gasteiger partial charge in [-0.25, -0.2) is 0 Å². The van der Waals surface area contributed by atoms with E-state index >= 15 is 0 Å². The number of fused-ring (bicyclic) bond motifs is 2. The lowest BCUT2D eigenvalue weighted by Gasteiger charge is -2.26. The average molecular weight is 904 g/mol. The molecule has 0 atom stereocenters. The van der Waals surface area contributed by atoms with Crippen molar-refractivity contribution in [2.24, 2.45) is 0 Å². The molecule has 0 fully saturated rings. The number of carbonyl (C=O) groups is 3. The van der Waals surface area contributed by atoms with E-state index in [4.69, 9.17) is 61.9 Å². The molecule has 2 aromatic rings. The lowest BCUT2D eigenvalue weighted by atomic mass is 10.0. The monoisotopic (exact) mass is 903 g/mol. The van der Waals surface area contributed by atoms with Crippen molar-refractivity contribution < 1.29 is 76.3 Å². The molecule has 1 aliphatic heterocycles. The number of amides is 1. The van der Waals surface area contributed by atoms with Gasteiger partial charge in [-0.1, -0.05) is 42.2 Å². The molecule has 358 valence electrons. The number of aliphatic carboxylic acids is 1. The van der Waals surface area contributed by atoms with Gasteiger partial charge in [0, 0.05) is 37.0 Å². The number of ketones is 1. The summed E-state index contributed by atoms with van der Waals surface area (Å²) in [6.07, 6.45) is 1.28. The fourth-order valence-electron chi connectivity index (χ4n) is 5.77. The Hall–Kier alpha value is -3.87. The topological polar surface area (TPSA) is 185 Å². The molecular formula is C47H69NO16. The summed E-state index contributed by atoms with van der Waals surface area (Å²) in [4.78, 5) is 38.0. The Morgan fingerprint density at radius 1 is 0.422 bits per heavy atom. The van der Waals surface area contributed by atoms with Gasteiger partial charge in [-0.05, 0) is 30.2 Å². The number of benzene rings is 2. The van der Waals surface area contributed by atoms with Crippen molar-refractivity contribution >= 4 is 23.3 Å². The number of rotatable bonds is 43. The van der Waals surface area contributed by atoms with E-state index < -0.39 is 5.97 Å². The average Bonchev–Trinajstić information content (AvgIpc) is 3.29. The number of anilines is 1. The molecule has 3 rings (SSSR count). The SMILES string of the molecule is O=C(O)CCOCCOCCOCCOCCOCCOCCOCCOCCOCCOCCOCCOCCCC(=O)CCC(=O)N1Cc2ccccc2C#Cc2ccccc21. The lowest BCUT2D eigenvalue weighted by Crippen LogP contribution is -2.32. The van der Waals surface area contributed by atoms with Gasteiger partial charge >= 0.3 is 5.97 Å². The molecular weight excluding hydrogens is 835 g/mol.